The summed E-state index contributed by atoms with van der Waals surface area (Å²) in [5.41, 5.74) is -0.882. The highest BCUT2D eigenvalue weighted by atomic mass is 16.6. The number of non-ortho nitro benzene ring substituents is 1. The molecule has 0 aliphatic rings. The van der Waals surface area contributed by atoms with Gasteiger partial charge in [0.15, 0.2) is 0 Å². The van der Waals surface area contributed by atoms with Crippen molar-refractivity contribution in [3.63, 3.8) is 0 Å². The van der Waals surface area contributed by atoms with Gasteiger partial charge in [0.1, 0.15) is 5.69 Å². The van der Waals surface area contributed by atoms with Gasteiger partial charge in [0.2, 0.25) is 5.91 Å². The molecule has 8 heteroatoms. The number of carbonyl (C=O) groups is 1. The number of hydrogen-bond donors (Lipinski definition) is 1. The number of nitrogens with one attached hydrogen (secondary N) is 1. The molecule has 0 atom stereocenters. The first-order chi connectivity index (χ1) is 10.5. The average molecular weight is 309 g/mol. The Morgan fingerprint density at radius 1 is 1.09 bits per heavy atom. The fourth-order valence-corrected chi connectivity index (χ4v) is 1.99. The summed E-state index contributed by atoms with van der Waals surface area (Å²) >= 11 is 0. The first-order valence-corrected chi connectivity index (χ1v) is 7.18. The largest absolute Gasteiger partial charge is 0.320 e. The van der Waals surface area contributed by atoms with E-state index < -0.39 is 15.5 Å². The third kappa shape index (κ3) is 5.47. The van der Waals surface area contributed by atoms with Crippen molar-refractivity contribution in [3.8, 4) is 0 Å². The third-order valence-electron chi connectivity index (χ3n) is 3.17. The third-order valence-corrected chi connectivity index (χ3v) is 3.17. The normalized spacial score (nSPS) is 10.2. The molecule has 0 heterocycles. The van der Waals surface area contributed by atoms with Gasteiger partial charge in [0.05, 0.1) is 15.9 Å². The summed E-state index contributed by atoms with van der Waals surface area (Å²) in [4.78, 5) is 31.9. The number of unbranched alkanes of at least 4 members (excludes halogenated alkanes) is 4. The highest BCUT2D eigenvalue weighted by Gasteiger charge is 2.20. The van der Waals surface area contributed by atoms with E-state index in [0.29, 0.717) is 6.42 Å². The standard InChI is InChI=1S/C14H19N3O5/c1-2-3-4-5-6-7-14(18)15-12-9-8-11(16(19)20)10-13(12)17(21)22/h8-10H,2-7H2,1H3,(H,15,18). The smallest absolute Gasteiger partial charge is 0.299 e. The molecule has 0 aliphatic heterocycles. The fraction of sp³-hybridized carbons (Fsp3) is 0.500. The molecule has 1 rings (SSSR count). The summed E-state index contributed by atoms with van der Waals surface area (Å²) in [6.07, 6.45) is 5.21. The van der Waals surface area contributed by atoms with Crippen molar-refractivity contribution in [2.24, 2.45) is 0 Å². The molecule has 8 nitrogen and oxygen atoms in total. The van der Waals surface area contributed by atoms with Gasteiger partial charge in [0.25, 0.3) is 11.4 Å². The van der Waals surface area contributed by atoms with E-state index in [-0.39, 0.29) is 23.7 Å². The summed E-state index contributed by atoms with van der Waals surface area (Å²) in [5.74, 6) is -0.326. The molecule has 0 bridgehead atoms. The number of carbonyl (C=O) groups excluding carboxylic acids is 1. The van der Waals surface area contributed by atoms with E-state index in [1.54, 1.807) is 0 Å². The van der Waals surface area contributed by atoms with Crippen LogP contribution < -0.4 is 5.32 Å². The van der Waals surface area contributed by atoms with E-state index in [1.807, 2.05) is 0 Å². The van der Waals surface area contributed by atoms with Crippen molar-refractivity contribution in [1.29, 1.82) is 0 Å². The van der Waals surface area contributed by atoms with Crippen LogP contribution in [0.1, 0.15) is 45.4 Å². The van der Waals surface area contributed by atoms with E-state index in [9.17, 15) is 25.0 Å². The van der Waals surface area contributed by atoms with Crippen molar-refractivity contribution in [1.82, 2.24) is 0 Å². The fourth-order valence-electron chi connectivity index (χ4n) is 1.99. The molecule has 0 spiro atoms. The second-order valence-electron chi connectivity index (χ2n) is 4.93. The van der Waals surface area contributed by atoms with Gasteiger partial charge in [-0.2, -0.15) is 0 Å². The summed E-state index contributed by atoms with van der Waals surface area (Å²) in [7, 11) is 0. The molecule has 22 heavy (non-hydrogen) atoms. The maximum Gasteiger partial charge on any atom is 0.299 e. The summed E-state index contributed by atoms with van der Waals surface area (Å²) < 4.78 is 0. The average Bonchev–Trinajstić information content (AvgIpc) is 2.47. The van der Waals surface area contributed by atoms with Gasteiger partial charge in [0, 0.05) is 12.5 Å². The Hall–Kier alpha value is -2.51. The topological polar surface area (TPSA) is 115 Å². The van der Waals surface area contributed by atoms with Gasteiger partial charge in [-0.3, -0.25) is 25.0 Å². The van der Waals surface area contributed by atoms with Gasteiger partial charge >= 0.3 is 0 Å². The molecular formula is C14H19N3O5. The van der Waals surface area contributed by atoms with Gasteiger partial charge in [-0.15, -0.1) is 0 Å². The number of hydrogen-bond acceptors (Lipinski definition) is 5. The molecule has 0 radical (unpaired) electrons. The van der Waals surface area contributed by atoms with Crippen molar-refractivity contribution >= 4 is 23.0 Å². The minimum Gasteiger partial charge on any atom is -0.320 e. The van der Waals surface area contributed by atoms with E-state index >= 15 is 0 Å². The van der Waals surface area contributed by atoms with Gasteiger partial charge in [-0.05, 0) is 12.5 Å². The minimum absolute atomic E-state index is 0.0193. The number of rotatable bonds is 9. The minimum atomic E-state index is -0.746. The summed E-state index contributed by atoms with van der Waals surface area (Å²) in [6, 6.07) is 3.16. The number of nitro benzene ring substituents is 2. The molecular weight excluding hydrogens is 290 g/mol. The quantitative estimate of drug-likeness (QED) is 0.423. The number of benzene rings is 1. The van der Waals surface area contributed by atoms with Crippen LogP contribution in [0.25, 0.3) is 0 Å². The lowest BCUT2D eigenvalue weighted by Crippen LogP contribution is -2.12. The lowest BCUT2D eigenvalue weighted by molar-refractivity contribution is -0.393. The van der Waals surface area contributed by atoms with Crippen molar-refractivity contribution in [3.05, 3.63) is 38.4 Å². The van der Waals surface area contributed by atoms with Crippen LogP contribution in [0.15, 0.2) is 18.2 Å². The Bertz CT molecular complexity index is 559. The maximum atomic E-state index is 11.8. The van der Waals surface area contributed by atoms with Crippen LogP contribution in [0.5, 0.6) is 0 Å². The molecule has 1 aromatic rings. The molecule has 0 fully saturated rings. The number of anilines is 1. The van der Waals surface area contributed by atoms with Crippen molar-refractivity contribution < 1.29 is 14.6 Å². The second kappa shape index (κ2) is 8.71. The lowest BCUT2D eigenvalue weighted by Gasteiger charge is -2.06. The summed E-state index contributed by atoms with van der Waals surface area (Å²) in [5, 5.41) is 24.0. The zero-order valence-corrected chi connectivity index (χ0v) is 12.4. The van der Waals surface area contributed by atoms with E-state index in [0.717, 1.165) is 37.8 Å². The Balaban J connectivity index is 2.66. The highest BCUT2D eigenvalue weighted by Crippen LogP contribution is 2.29. The van der Waals surface area contributed by atoms with Gasteiger partial charge < -0.3 is 5.32 Å². The molecule has 1 amide bonds. The Morgan fingerprint density at radius 2 is 1.77 bits per heavy atom. The van der Waals surface area contributed by atoms with Crippen LogP contribution in [-0.4, -0.2) is 15.8 Å². The Labute approximate surface area is 127 Å². The van der Waals surface area contributed by atoms with Crippen molar-refractivity contribution in [2.75, 3.05) is 5.32 Å². The first-order valence-electron chi connectivity index (χ1n) is 7.18. The molecule has 0 saturated carbocycles. The highest BCUT2D eigenvalue weighted by molar-refractivity contribution is 5.93. The SMILES string of the molecule is CCCCCCCC(=O)Nc1ccc([N+](=O)[O-])cc1[N+](=O)[O-]. The van der Waals surface area contributed by atoms with Crippen LogP contribution in [0.3, 0.4) is 0 Å². The van der Waals surface area contributed by atoms with Gasteiger partial charge in [-0.25, -0.2) is 0 Å². The Kier molecular flexibility index (Phi) is 6.94. The zero-order chi connectivity index (χ0) is 16.5. The predicted molar refractivity (Wildman–Crippen MR) is 81.8 cm³/mol. The Morgan fingerprint density at radius 3 is 2.36 bits per heavy atom. The van der Waals surface area contributed by atoms with Crippen LogP contribution >= 0.6 is 0 Å². The second-order valence-corrected chi connectivity index (χ2v) is 4.93. The molecule has 0 saturated heterocycles. The van der Waals surface area contributed by atoms with E-state index in [1.165, 1.54) is 6.07 Å². The molecule has 120 valence electrons. The number of amides is 1. The monoisotopic (exact) mass is 309 g/mol. The van der Waals surface area contributed by atoms with Crippen LogP contribution in [0, 0.1) is 20.2 Å². The molecule has 1 aromatic carbocycles. The molecule has 0 aliphatic carbocycles. The van der Waals surface area contributed by atoms with Crippen LogP contribution in [-0.2, 0) is 4.79 Å². The predicted octanol–water partition coefficient (Wildman–Crippen LogP) is 3.80. The van der Waals surface area contributed by atoms with Gasteiger partial charge in [-0.1, -0.05) is 32.6 Å². The summed E-state index contributed by atoms with van der Waals surface area (Å²) in [6.45, 7) is 2.10. The molecule has 0 aromatic heterocycles. The van der Waals surface area contributed by atoms with E-state index in [2.05, 4.69) is 12.2 Å². The maximum absolute atomic E-state index is 11.8. The zero-order valence-electron chi connectivity index (χ0n) is 12.4. The van der Waals surface area contributed by atoms with Crippen LogP contribution in [0.2, 0.25) is 0 Å². The number of nitro groups is 2. The van der Waals surface area contributed by atoms with Crippen LogP contribution in [0.4, 0.5) is 17.1 Å². The first kappa shape index (κ1) is 17.5. The van der Waals surface area contributed by atoms with E-state index in [4.69, 9.17) is 0 Å². The lowest BCUT2D eigenvalue weighted by atomic mass is 10.1. The molecule has 1 N–H and O–H groups in total. The number of nitrogens with zero attached hydrogens (tertiary/aromatic N) is 2. The molecule has 0 unspecified atom stereocenters. The van der Waals surface area contributed by atoms with Crippen molar-refractivity contribution in [2.45, 2.75) is 45.4 Å².